The van der Waals surface area contributed by atoms with Gasteiger partial charge in [-0.2, -0.15) is 5.10 Å². The second-order valence-corrected chi connectivity index (χ2v) is 3.88. The van der Waals surface area contributed by atoms with E-state index >= 15 is 0 Å². The molecule has 0 amide bonds. The summed E-state index contributed by atoms with van der Waals surface area (Å²) in [7, 11) is 1.68. The summed E-state index contributed by atoms with van der Waals surface area (Å²) in [6.45, 7) is 0. The summed E-state index contributed by atoms with van der Waals surface area (Å²) in [5, 5.41) is 3.98. The second kappa shape index (κ2) is 4.71. The van der Waals surface area contributed by atoms with Crippen LogP contribution in [0.5, 0.6) is 0 Å². The van der Waals surface area contributed by atoms with E-state index in [1.54, 1.807) is 7.05 Å². The Morgan fingerprint density at radius 3 is 2.56 bits per heavy atom. The molecule has 2 aromatic rings. The van der Waals surface area contributed by atoms with Crippen LogP contribution in [0.15, 0.2) is 24.4 Å². The lowest BCUT2D eigenvalue weighted by Crippen LogP contribution is -2.29. The van der Waals surface area contributed by atoms with Gasteiger partial charge in [0, 0.05) is 12.6 Å². The molecule has 0 aliphatic rings. The number of hydrazine groups is 1. The average molecular weight is 253 g/mol. The fraction of sp³-hybridized carbons (Fsp3) is 0.182. The van der Waals surface area contributed by atoms with E-state index in [0.717, 1.165) is 12.1 Å². The van der Waals surface area contributed by atoms with Gasteiger partial charge < -0.3 is 5.73 Å². The van der Waals surface area contributed by atoms with Crippen molar-refractivity contribution < 1.29 is 8.78 Å². The number of benzene rings is 1. The van der Waals surface area contributed by atoms with Gasteiger partial charge in [0.25, 0.3) is 0 Å². The number of hydrogen-bond donors (Lipinski definition) is 3. The van der Waals surface area contributed by atoms with Gasteiger partial charge in [-0.05, 0) is 17.7 Å². The Morgan fingerprint density at radius 2 is 2.06 bits per heavy atom. The van der Waals surface area contributed by atoms with E-state index in [1.165, 1.54) is 16.9 Å². The van der Waals surface area contributed by atoms with Crippen LogP contribution in [-0.4, -0.2) is 9.78 Å². The maximum absolute atomic E-state index is 13.2. The number of nitrogens with zero attached hydrogens (tertiary/aromatic N) is 2. The van der Waals surface area contributed by atoms with Gasteiger partial charge in [0.05, 0.1) is 12.2 Å². The van der Waals surface area contributed by atoms with E-state index in [4.69, 9.17) is 11.6 Å². The highest BCUT2D eigenvalue weighted by Gasteiger charge is 2.19. The van der Waals surface area contributed by atoms with Gasteiger partial charge in [-0.3, -0.25) is 10.5 Å². The first-order valence-corrected chi connectivity index (χ1v) is 5.23. The zero-order valence-corrected chi connectivity index (χ0v) is 9.69. The van der Waals surface area contributed by atoms with Gasteiger partial charge in [0.15, 0.2) is 11.6 Å². The smallest absolute Gasteiger partial charge is 0.159 e. The van der Waals surface area contributed by atoms with E-state index in [9.17, 15) is 8.78 Å². The molecule has 5 nitrogen and oxygen atoms in total. The van der Waals surface area contributed by atoms with Crippen molar-refractivity contribution in [1.82, 2.24) is 15.2 Å². The first-order chi connectivity index (χ1) is 8.54. The Hall–Kier alpha value is -1.99. The third-order valence-corrected chi connectivity index (χ3v) is 2.77. The van der Waals surface area contributed by atoms with Crippen LogP contribution >= 0.6 is 0 Å². The third kappa shape index (κ3) is 2.05. The first kappa shape index (κ1) is 12.5. The maximum atomic E-state index is 13.2. The molecule has 5 N–H and O–H groups in total. The lowest BCUT2D eigenvalue weighted by molar-refractivity contribution is 0.504. The fourth-order valence-corrected chi connectivity index (χ4v) is 1.74. The van der Waals surface area contributed by atoms with Gasteiger partial charge in [-0.25, -0.2) is 14.2 Å². The molecule has 7 heteroatoms. The quantitative estimate of drug-likeness (QED) is 0.559. The Morgan fingerprint density at radius 1 is 1.33 bits per heavy atom. The average Bonchev–Trinajstić information content (AvgIpc) is 2.67. The molecule has 1 aromatic heterocycles. The third-order valence-electron chi connectivity index (χ3n) is 2.77. The van der Waals surface area contributed by atoms with Crippen LogP contribution in [-0.2, 0) is 7.05 Å². The monoisotopic (exact) mass is 253 g/mol. The highest BCUT2D eigenvalue weighted by atomic mass is 19.2. The summed E-state index contributed by atoms with van der Waals surface area (Å²) in [4.78, 5) is 0. The summed E-state index contributed by atoms with van der Waals surface area (Å²) >= 11 is 0. The molecule has 0 saturated carbocycles. The van der Waals surface area contributed by atoms with Gasteiger partial charge in [0.2, 0.25) is 0 Å². The largest absolute Gasteiger partial charge is 0.384 e. The number of hydrogen-bond acceptors (Lipinski definition) is 4. The van der Waals surface area contributed by atoms with Gasteiger partial charge in [-0.1, -0.05) is 6.07 Å². The van der Waals surface area contributed by atoms with Crippen LogP contribution < -0.4 is 17.0 Å². The predicted molar refractivity (Wildman–Crippen MR) is 63.1 cm³/mol. The molecular weight excluding hydrogens is 240 g/mol. The molecule has 0 spiro atoms. The minimum atomic E-state index is -0.935. The standard InChI is InChI=1S/C11H13F2N5/c1-18-11(14)7(5-16-18)10(17-15)6-2-3-8(12)9(13)4-6/h2-5,10,17H,14-15H2,1H3. The summed E-state index contributed by atoms with van der Waals surface area (Å²) in [5.41, 5.74) is 9.41. The zero-order chi connectivity index (χ0) is 13.3. The molecule has 96 valence electrons. The second-order valence-electron chi connectivity index (χ2n) is 3.88. The van der Waals surface area contributed by atoms with Crippen molar-refractivity contribution in [1.29, 1.82) is 0 Å². The van der Waals surface area contributed by atoms with E-state index in [1.807, 2.05) is 0 Å². The molecule has 18 heavy (non-hydrogen) atoms. The molecule has 1 atom stereocenters. The highest BCUT2D eigenvalue weighted by Crippen LogP contribution is 2.26. The van der Waals surface area contributed by atoms with Crippen LogP contribution in [0.25, 0.3) is 0 Å². The number of nitrogens with one attached hydrogen (secondary N) is 1. The molecule has 2 rings (SSSR count). The Balaban J connectivity index is 2.45. The number of anilines is 1. The molecule has 0 radical (unpaired) electrons. The van der Waals surface area contributed by atoms with Gasteiger partial charge >= 0.3 is 0 Å². The summed E-state index contributed by atoms with van der Waals surface area (Å²) in [6.07, 6.45) is 1.53. The normalized spacial score (nSPS) is 12.7. The predicted octanol–water partition coefficient (Wildman–Crippen LogP) is 0.833. The number of nitrogens with two attached hydrogens (primary N) is 2. The Bertz CT molecular complexity index is 567. The molecule has 1 aromatic carbocycles. The number of halogens is 2. The van der Waals surface area contributed by atoms with E-state index < -0.39 is 17.7 Å². The van der Waals surface area contributed by atoms with Crippen molar-refractivity contribution in [3.63, 3.8) is 0 Å². The molecule has 1 unspecified atom stereocenters. The van der Waals surface area contributed by atoms with Crippen LogP contribution in [0.4, 0.5) is 14.6 Å². The topological polar surface area (TPSA) is 81.9 Å². The molecule has 0 fully saturated rings. The van der Waals surface area contributed by atoms with Crippen molar-refractivity contribution in [3.05, 3.63) is 47.2 Å². The van der Waals surface area contributed by atoms with Crippen molar-refractivity contribution in [3.8, 4) is 0 Å². The lowest BCUT2D eigenvalue weighted by Gasteiger charge is -2.16. The molecule has 0 aliphatic heterocycles. The minimum absolute atomic E-state index is 0.405. The summed E-state index contributed by atoms with van der Waals surface area (Å²) in [5.74, 6) is 4.01. The number of rotatable bonds is 3. The Kier molecular flexibility index (Phi) is 3.26. The van der Waals surface area contributed by atoms with Crippen molar-refractivity contribution in [2.24, 2.45) is 12.9 Å². The first-order valence-electron chi connectivity index (χ1n) is 5.23. The van der Waals surface area contributed by atoms with Gasteiger partial charge in [0.1, 0.15) is 5.82 Å². The van der Waals surface area contributed by atoms with Crippen LogP contribution in [0.2, 0.25) is 0 Å². The van der Waals surface area contributed by atoms with E-state index in [0.29, 0.717) is 16.9 Å². The van der Waals surface area contributed by atoms with Crippen molar-refractivity contribution >= 4 is 5.82 Å². The van der Waals surface area contributed by atoms with Crippen molar-refractivity contribution in [2.45, 2.75) is 6.04 Å². The zero-order valence-electron chi connectivity index (χ0n) is 9.69. The summed E-state index contributed by atoms with van der Waals surface area (Å²) in [6, 6.07) is 3.01. The van der Waals surface area contributed by atoms with E-state index in [-0.39, 0.29) is 0 Å². The number of aromatic nitrogens is 2. The molecule has 0 saturated heterocycles. The maximum Gasteiger partial charge on any atom is 0.159 e. The minimum Gasteiger partial charge on any atom is -0.384 e. The lowest BCUT2D eigenvalue weighted by atomic mass is 10.0. The molecule has 1 heterocycles. The van der Waals surface area contributed by atoms with Crippen LogP contribution in [0, 0.1) is 11.6 Å². The summed E-state index contributed by atoms with van der Waals surface area (Å²) < 4.78 is 27.6. The van der Waals surface area contributed by atoms with Gasteiger partial charge in [-0.15, -0.1) is 0 Å². The highest BCUT2D eigenvalue weighted by molar-refractivity contribution is 5.45. The molecule has 0 bridgehead atoms. The van der Waals surface area contributed by atoms with Crippen molar-refractivity contribution in [2.75, 3.05) is 5.73 Å². The van der Waals surface area contributed by atoms with Crippen LogP contribution in [0.3, 0.4) is 0 Å². The van der Waals surface area contributed by atoms with Crippen LogP contribution in [0.1, 0.15) is 17.2 Å². The fourth-order valence-electron chi connectivity index (χ4n) is 1.74. The SMILES string of the molecule is Cn1ncc(C(NN)c2ccc(F)c(F)c2)c1N. The number of aryl methyl sites for hydroxylation is 1. The van der Waals surface area contributed by atoms with E-state index in [2.05, 4.69) is 10.5 Å². The Labute approximate surface area is 102 Å². The molecular formula is C11H13F2N5. The molecule has 0 aliphatic carbocycles. The number of nitrogen functional groups attached to an aromatic ring is 1.